The molecule has 0 saturated heterocycles. The number of nitrogens with zero attached hydrogens (tertiary/aromatic N) is 1. The average Bonchev–Trinajstić information content (AvgIpc) is 3.00. The molecule has 24 heavy (non-hydrogen) atoms. The van der Waals surface area contributed by atoms with Crippen molar-refractivity contribution in [1.82, 2.24) is 0 Å². The van der Waals surface area contributed by atoms with Gasteiger partial charge in [-0.25, -0.2) is 0 Å². The van der Waals surface area contributed by atoms with Crippen LogP contribution < -0.4 is 14.8 Å². The normalized spacial score (nSPS) is 10.6. The molecule has 0 spiro atoms. The van der Waals surface area contributed by atoms with Crippen LogP contribution in [0.2, 0.25) is 0 Å². The van der Waals surface area contributed by atoms with Crippen molar-refractivity contribution in [3.05, 3.63) is 46.8 Å². The Morgan fingerprint density at radius 3 is 2.83 bits per heavy atom. The van der Waals surface area contributed by atoms with Gasteiger partial charge < -0.3 is 14.8 Å². The third kappa shape index (κ3) is 4.54. The minimum Gasteiger partial charge on any atom is -0.493 e. The summed E-state index contributed by atoms with van der Waals surface area (Å²) < 4.78 is 33.8. The average molecular weight is 350 g/mol. The maximum atomic E-state index is 12.3. The molecule has 0 fully saturated rings. The lowest BCUT2D eigenvalue weighted by atomic mass is 10.2. The second-order valence-corrected chi connectivity index (χ2v) is 5.30. The van der Waals surface area contributed by atoms with Crippen LogP contribution in [0.4, 0.5) is 13.8 Å². The van der Waals surface area contributed by atoms with Gasteiger partial charge in [-0.15, -0.1) is 11.3 Å². The first-order valence-corrected chi connectivity index (χ1v) is 7.51. The lowest BCUT2D eigenvalue weighted by molar-refractivity contribution is -0.111. The number of hydrogen-bond acceptors (Lipinski definition) is 5. The number of anilines is 1. The number of nitrogens with one attached hydrogen (secondary N) is 1. The van der Waals surface area contributed by atoms with Gasteiger partial charge in [-0.3, -0.25) is 4.79 Å². The zero-order valence-corrected chi connectivity index (χ0v) is 13.3. The van der Waals surface area contributed by atoms with E-state index in [1.165, 1.54) is 48.8 Å². The Morgan fingerprint density at radius 2 is 2.17 bits per heavy atom. The molecule has 1 heterocycles. The largest absolute Gasteiger partial charge is 0.493 e. The molecule has 0 atom stereocenters. The van der Waals surface area contributed by atoms with Gasteiger partial charge in [0.25, 0.3) is 0 Å². The van der Waals surface area contributed by atoms with E-state index in [0.29, 0.717) is 16.1 Å². The smallest absolute Gasteiger partial charge is 0.387 e. The molecule has 0 bridgehead atoms. The van der Waals surface area contributed by atoms with Crippen LogP contribution in [0.15, 0.2) is 35.7 Å². The third-order valence-electron chi connectivity index (χ3n) is 2.85. The van der Waals surface area contributed by atoms with Gasteiger partial charge in [0.05, 0.1) is 12.7 Å². The molecule has 2 rings (SSSR count). The van der Waals surface area contributed by atoms with E-state index in [1.807, 2.05) is 6.07 Å². The van der Waals surface area contributed by atoms with Crippen molar-refractivity contribution in [2.45, 2.75) is 6.61 Å². The molecule has 5 nitrogen and oxygen atoms in total. The first-order chi connectivity index (χ1) is 11.5. The van der Waals surface area contributed by atoms with E-state index in [1.54, 1.807) is 11.4 Å². The van der Waals surface area contributed by atoms with E-state index >= 15 is 0 Å². The minimum absolute atomic E-state index is 0.0913. The number of carbonyl (C=O) groups is 1. The zero-order chi connectivity index (χ0) is 17.5. The minimum atomic E-state index is -2.95. The maximum absolute atomic E-state index is 12.3. The molecule has 1 aromatic carbocycles. The van der Waals surface area contributed by atoms with Crippen LogP contribution in [0, 0.1) is 11.3 Å². The lowest BCUT2D eigenvalue weighted by Gasteiger charge is -2.10. The number of hydrogen-bond donors (Lipinski definition) is 1. The number of benzene rings is 1. The molecule has 0 aliphatic carbocycles. The van der Waals surface area contributed by atoms with Crippen LogP contribution in [0.3, 0.4) is 0 Å². The van der Waals surface area contributed by atoms with E-state index in [9.17, 15) is 13.6 Å². The van der Waals surface area contributed by atoms with Crippen molar-refractivity contribution in [2.24, 2.45) is 0 Å². The number of alkyl halides is 2. The van der Waals surface area contributed by atoms with Crippen LogP contribution in [0.25, 0.3) is 6.08 Å². The highest BCUT2D eigenvalue weighted by Gasteiger charge is 2.10. The molecular weight excluding hydrogens is 338 g/mol. The Bertz CT molecular complexity index is 797. The highest BCUT2D eigenvalue weighted by atomic mass is 32.1. The summed E-state index contributed by atoms with van der Waals surface area (Å²) in [4.78, 5) is 11.9. The number of halogens is 2. The van der Waals surface area contributed by atoms with Crippen LogP contribution >= 0.6 is 11.3 Å². The highest BCUT2D eigenvalue weighted by molar-refractivity contribution is 7.14. The molecule has 0 aliphatic rings. The summed E-state index contributed by atoms with van der Waals surface area (Å²) in [6.07, 6.45) is 2.76. The Morgan fingerprint density at radius 1 is 1.38 bits per heavy atom. The monoisotopic (exact) mass is 350 g/mol. The lowest BCUT2D eigenvalue weighted by Crippen LogP contribution is -2.07. The SMILES string of the molecule is COc1cc(/C=C/C(=O)Nc2sccc2C#N)ccc1OC(F)F. The number of thiophene rings is 1. The van der Waals surface area contributed by atoms with Crippen molar-refractivity contribution in [1.29, 1.82) is 5.26 Å². The van der Waals surface area contributed by atoms with Gasteiger partial charge in [0.2, 0.25) is 5.91 Å². The number of ether oxygens (including phenoxy) is 2. The Balaban J connectivity index is 2.08. The third-order valence-corrected chi connectivity index (χ3v) is 3.68. The molecule has 124 valence electrons. The van der Waals surface area contributed by atoms with Crippen LogP contribution in [-0.4, -0.2) is 19.6 Å². The molecule has 0 radical (unpaired) electrons. The van der Waals surface area contributed by atoms with E-state index in [0.717, 1.165) is 0 Å². The van der Waals surface area contributed by atoms with Crippen molar-refractivity contribution >= 4 is 28.3 Å². The molecule has 0 saturated carbocycles. The van der Waals surface area contributed by atoms with Crippen molar-refractivity contribution in [3.63, 3.8) is 0 Å². The van der Waals surface area contributed by atoms with Crippen LogP contribution in [0.1, 0.15) is 11.1 Å². The topological polar surface area (TPSA) is 71.3 Å². The van der Waals surface area contributed by atoms with Crippen LogP contribution in [0.5, 0.6) is 11.5 Å². The summed E-state index contributed by atoms with van der Waals surface area (Å²) in [5.74, 6) is -0.380. The molecule has 8 heteroatoms. The number of amides is 1. The van der Waals surface area contributed by atoms with E-state index in [-0.39, 0.29) is 11.5 Å². The van der Waals surface area contributed by atoms with Crippen LogP contribution in [-0.2, 0) is 4.79 Å². The summed E-state index contributed by atoms with van der Waals surface area (Å²) in [5.41, 5.74) is 0.951. The standard InChI is InChI=1S/C16H12F2N2O3S/c1-22-13-8-10(2-4-12(13)23-16(17)18)3-5-14(21)20-15-11(9-19)6-7-24-15/h2-8,16H,1H3,(H,20,21)/b5-3+. The fourth-order valence-corrected chi connectivity index (χ4v) is 2.54. The van der Waals surface area contributed by atoms with Gasteiger partial charge in [-0.2, -0.15) is 14.0 Å². The second kappa shape index (κ2) is 8.08. The maximum Gasteiger partial charge on any atom is 0.387 e. The van der Waals surface area contributed by atoms with Gasteiger partial charge in [0.1, 0.15) is 11.1 Å². The van der Waals surface area contributed by atoms with E-state index < -0.39 is 12.5 Å². The predicted molar refractivity (Wildman–Crippen MR) is 86.3 cm³/mol. The summed E-state index contributed by atoms with van der Waals surface area (Å²) in [6, 6.07) is 7.88. The fourth-order valence-electron chi connectivity index (χ4n) is 1.80. The Kier molecular flexibility index (Phi) is 5.87. The quantitative estimate of drug-likeness (QED) is 0.803. The van der Waals surface area contributed by atoms with Gasteiger partial charge in [-0.1, -0.05) is 6.07 Å². The van der Waals surface area contributed by atoms with Crippen molar-refractivity contribution in [3.8, 4) is 17.6 Å². The Hall–Kier alpha value is -2.92. The second-order valence-electron chi connectivity index (χ2n) is 4.39. The van der Waals surface area contributed by atoms with Gasteiger partial charge in [0.15, 0.2) is 11.5 Å². The van der Waals surface area contributed by atoms with Gasteiger partial charge >= 0.3 is 6.61 Å². The summed E-state index contributed by atoms with van der Waals surface area (Å²) in [6.45, 7) is -2.95. The first kappa shape index (κ1) is 17.4. The molecular formula is C16H12F2N2O3S. The summed E-state index contributed by atoms with van der Waals surface area (Å²) in [7, 11) is 1.33. The summed E-state index contributed by atoms with van der Waals surface area (Å²) >= 11 is 1.24. The number of rotatable bonds is 6. The Labute approximate surface area is 140 Å². The predicted octanol–water partition coefficient (Wildman–Crippen LogP) is 3.88. The zero-order valence-electron chi connectivity index (χ0n) is 12.5. The molecule has 1 aromatic heterocycles. The number of methoxy groups -OCH3 is 1. The molecule has 2 aromatic rings. The van der Waals surface area contributed by atoms with Crippen molar-refractivity contribution < 1.29 is 23.0 Å². The van der Waals surface area contributed by atoms with Gasteiger partial charge in [0, 0.05) is 6.08 Å². The van der Waals surface area contributed by atoms with E-state index in [4.69, 9.17) is 10.00 Å². The van der Waals surface area contributed by atoms with E-state index in [2.05, 4.69) is 10.1 Å². The number of nitriles is 1. The molecule has 1 amide bonds. The molecule has 1 N–H and O–H groups in total. The molecule has 0 unspecified atom stereocenters. The van der Waals surface area contributed by atoms with Crippen molar-refractivity contribution in [2.75, 3.05) is 12.4 Å². The summed E-state index contributed by atoms with van der Waals surface area (Å²) in [5, 5.41) is 13.6. The fraction of sp³-hybridized carbons (Fsp3) is 0.125. The first-order valence-electron chi connectivity index (χ1n) is 6.63. The highest BCUT2D eigenvalue weighted by Crippen LogP contribution is 2.30. The van der Waals surface area contributed by atoms with Gasteiger partial charge in [-0.05, 0) is 35.2 Å². The molecule has 0 aliphatic heterocycles. The number of carbonyl (C=O) groups excluding carboxylic acids is 1.